The van der Waals surface area contributed by atoms with Gasteiger partial charge in [0.2, 0.25) is 0 Å². The summed E-state index contributed by atoms with van der Waals surface area (Å²) in [7, 11) is 3.53. The van der Waals surface area contributed by atoms with Crippen LogP contribution in [0.25, 0.3) is 0 Å². The highest BCUT2D eigenvalue weighted by molar-refractivity contribution is 5.80. The molecule has 2 unspecified atom stereocenters. The van der Waals surface area contributed by atoms with Crippen molar-refractivity contribution in [2.24, 2.45) is 10.9 Å². The molecule has 0 bridgehead atoms. The van der Waals surface area contributed by atoms with E-state index in [1.54, 1.807) is 7.11 Å². The van der Waals surface area contributed by atoms with Crippen molar-refractivity contribution >= 4 is 5.96 Å². The molecule has 1 aromatic heterocycles. The monoisotopic (exact) mass is 399 g/mol. The molecule has 1 fully saturated rings. The molecule has 29 heavy (non-hydrogen) atoms. The lowest BCUT2D eigenvalue weighted by Gasteiger charge is -2.39. The number of nitrogens with one attached hydrogen (secondary N) is 1. The van der Waals surface area contributed by atoms with Gasteiger partial charge in [0.1, 0.15) is 5.75 Å². The average Bonchev–Trinajstić information content (AvgIpc) is 3.29. The molecule has 7 nitrogen and oxygen atoms in total. The fraction of sp³-hybridized carbons (Fsp3) is 0.545. The maximum Gasteiger partial charge on any atom is 0.193 e. The predicted molar refractivity (Wildman–Crippen MR) is 115 cm³/mol. The Labute approximate surface area is 173 Å². The molecule has 1 saturated heterocycles. The Morgan fingerprint density at radius 2 is 2.14 bits per heavy atom. The molecule has 2 heterocycles. The standard InChI is InChI=1S/C22H33N5O2/c1-18-9-12-26(15-21(18)27-13-11-24-17-27)22(23-2)25-10-4-14-29-16-19-5-7-20(28-3)8-6-19/h5-8,11,13,17-18,21H,4,9-10,12,14-16H2,1-3H3,(H,23,25). The van der Waals surface area contributed by atoms with Crippen LogP contribution in [0.3, 0.4) is 0 Å². The summed E-state index contributed by atoms with van der Waals surface area (Å²) in [5.74, 6) is 2.47. The van der Waals surface area contributed by atoms with E-state index < -0.39 is 0 Å². The Morgan fingerprint density at radius 3 is 2.83 bits per heavy atom. The number of ether oxygens (including phenoxy) is 2. The fourth-order valence-corrected chi connectivity index (χ4v) is 3.71. The first-order valence-electron chi connectivity index (χ1n) is 10.3. The first kappa shape index (κ1) is 21.2. The number of aromatic nitrogens is 2. The summed E-state index contributed by atoms with van der Waals surface area (Å²) in [5.41, 5.74) is 1.16. The van der Waals surface area contributed by atoms with Crippen molar-refractivity contribution in [3.05, 3.63) is 48.5 Å². The van der Waals surface area contributed by atoms with Crippen molar-refractivity contribution in [1.29, 1.82) is 0 Å². The molecule has 1 aromatic carbocycles. The molecular formula is C22H33N5O2. The molecule has 0 saturated carbocycles. The number of methoxy groups -OCH3 is 1. The van der Waals surface area contributed by atoms with Gasteiger partial charge in [0.25, 0.3) is 0 Å². The molecule has 0 aliphatic carbocycles. The Morgan fingerprint density at radius 1 is 1.31 bits per heavy atom. The summed E-state index contributed by atoms with van der Waals surface area (Å²) >= 11 is 0. The molecule has 1 aliphatic rings. The maximum absolute atomic E-state index is 5.79. The van der Waals surface area contributed by atoms with Gasteiger partial charge in [0, 0.05) is 45.7 Å². The van der Waals surface area contributed by atoms with Gasteiger partial charge in [-0.15, -0.1) is 0 Å². The number of hydrogen-bond acceptors (Lipinski definition) is 4. The van der Waals surface area contributed by atoms with E-state index in [0.717, 1.165) is 49.7 Å². The van der Waals surface area contributed by atoms with Gasteiger partial charge in [0.05, 0.1) is 26.1 Å². The Bertz CT molecular complexity index is 745. The Balaban J connectivity index is 1.37. The quantitative estimate of drug-likeness (QED) is 0.420. The number of nitrogens with zero attached hydrogens (tertiary/aromatic N) is 4. The van der Waals surface area contributed by atoms with E-state index in [1.807, 2.05) is 43.8 Å². The van der Waals surface area contributed by atoms with E-state index in [2.05, 4.69) is 37.9 Å². The van der Waals surface area contributed by atoms with Crippen LogP contribution in [0.2, 0.25) is 0 Å². The zero-order valence-corrected chi connectivity index (χ0v) is 17.8. The van der Waals surface area contributed by atoms with Crippen LogP contribution in [0.15, 0.2) is 48.0 Å². The zero-order chi connectivity index (χ0) is 20.5. The summed E-state index contributed by atoms with van der Waals surface area (Å²) in [6.45, 7) is 6.47. The molecule has 158 valence electrons. The second-order valence-corrected chi connectivity index (χ2v) is 7.52. The maximum atomic E-state index is 5.79. The van der Waals surface area contributed by atoms with Gasteiger partial charge in [-0.05, 0) is 36.5 Å². The number of likely N-dealkylation sites (tertiary alicyclic amines) is 1. The summed E-state index contributed by atoms with van der Waals surface area (Å²) in [6.07, 6.45) is 7.91. The van der Waals surface area contributed by atoms with Gasteiger partial charge in [-0.1, -0.05) is 19.1 Å². The van der Waals surface area contributed by atoms with Crippen LogP contribution in [0.4, 0.5) is 0 Å². The SMILES string of the molecule is CN=C(NCCCOCc1ccc(OC)cc1)N1CCC(C)C(n2ccnc2)C1. The number of guanidine groups is 1. The lowest BCUT2D eigenvalue weighted by molar-refractivity contribution is 0.119. The second kappa shape index (κ2) is 10.9. The van der Waals surface area contributed by atoms with Crippen LogP contribution in [0.1, 0.15) is 31.4 Å². The van der Waals surface area contributed by atoms with Crippen LogP contribution in [0, 0.1) is 5.92 Å². The average molecular weight is 400 g/mol. The van der Waals surface area contributed by atoms with Crippen LogP contribution in [-0.2, 0) is 11.3 Å². The smallest absolute Gasteiger partial charge is 0.193 e. The van der Waals surface area contributed by atoms with Crippen LogP contribution < -0.4 is 10.1 Å². The third kappa shape index (κ3) is 5.97. The van der Waals surface area contributed by atoms with Gasteiger partial charge in [-0.25, -0.2) is 4.98 Å². The summed E-state index contributed by atoms with van der Waals surface area (Å²) < 4.78 is 13.2. The van der Waals surface area contributed by atoms with Crippen molar-refractivity contribution in [2.75, 3.05) is 40.4 Å². The van der Waals surface area contributed by atoms with Crippen molar-refractivity contribution in [1.82, 2.24) is 19.8 Å². The lowest BCUT2D eigenvalue weighted by Crippen LogP contribution is -2.49. The molecule has 0 amide bonds. The van der Waals surface area contributed by atoms with E-state index in [1.165, 1.54) is 0 Å². The van der Waals surface area contributed by atoms with Crippen molar-refractivity contribution in [3.63, 3.8) is 0 Å². The normalized spacial score (nSPS) is 20.0. The van der Waals surface area contributed by atoms with E-state index >= 15 is 0 Å². The van der Waals surface area contributed by atoms with Crippen molar-refractivity contribution < 1.29 is 9.47 Å². The molecular weight excluding hydrogens is 366 g/mol. The highest BCUT2D eigenvalue weighted by atomic mass is 16.5. The molecule has 1 aliphatic heterocycles. The highest BCUT2D eigenvalue weighted by Crippen LogP contribution is 2.27. The first-order chi connectivity index (χ1) is 14.2. The largest absolute Gasteiger partial charge is 0.497 e. The van der Waals surface area contributed by atoms with Crippen molar-refractivity contribution in [2.45, 2.75) is 32.4 Å². The molecule has 2 aromatic rings. The minimum absolute atomic E-state index is 0.428. The number of aliphatic imine (C=N–C) groups is 1. The molecule has 2 atom stereocenters. The van der Waals surface area contributed by atoms with E-state index in [-0.39, 0.29) is 0 Å². The van der Waals surface area contributed by atoms with Crippen LogP contribution in [0.5, 0.6) is 5.75 Å². The molecule has 0 spiro atoms. The zero-order valence-electron chi connectivity index (χ0n) is 17.8. The molecule has 0 radical (unpaired) electrons. The summed E-state index contributed by atoms with van der Waals surface area (Å²) in [4.78, 5) is 11.0. The Kier molecular flexibility index (Phi) is 7.93. The number of rotatable bonds is 8. The van der Waals surface area contributed by atoms with Gasteiger partial charge in [-0.3, -0.25) is 4.99 Å². The molecule has 1 N–H and O–H groups in total. The predicted octanol–water partition coefficient (Wildman–Crippen LogP) is 2.96. The number of imidazole rings is 1. The second-order valence-electron chi connectivity index (χ2n) is 7.52. The fourth-order valence-electron chi connectivity index (χ4n) is 3.71. The summed E-state index contributed by atoms with van der Waals surface area (Å²) in [5, 5.41) is 3.49. The van der Waals surface area contributed by atoms with Gasteiger partial charge in [0.15, 0.2) is 5.96 Å². The van der Waals surface area contributed by atoms with E-state index in [4.69, 9.17) is 9.47 Å². The van der Waals surface area contributed by atoms with Gasteiger partial charge < -0.3 is 24.3 Å². The highest BCUT2D eigenvalue weighted by Gasteiger charge is 2.28. The minimum atomic E-state index is 0.428. The minimum Gasteiger partial charge on any atom is -0.497 e. The lowest BCUT2D eigenvalue weighted by atomic mass is 9.93. The van der Waals surface area contributed by atoms with Crippen molar-refractivity contribution in [3.8, 4) is 5.75 Å². The van der Waals surface area contributed by atoms with Gasteiger partial charge >= 0.3 is 0 Å². The summed E-state index contributed by atoms with van der Waals surface area (Å²) in [6, 6.07) is 8.42. The number of piperidine rings is 1. The van der Waals surface area contributed by atoms with E-state index in [9.17, 15) is 0 Å². The third-order valence-electron chi connectivity index (χ3n) is 5.51. The molecule has 7 heteroatoms. The van der Waals surface area contributed by atoms with Crippen LogP contribution >= 0.6 is 0 Å². The first-order valence-corrected chi connectivity index (χ1v) is 10.3. The third-order valence-corrected chi connectivity index (χ3v) is 5.51. The van der Waals surface area contributed by atoms with Crippen LogP contribution in [-0.4, -0.2) is 60.8 Å². The number of hydrogen-bond donors (Lipinski definition) is 1. The van der Waals surface area contributed by atoms with E-state index in [0.29, 0.717) is 25.2 Å². The molecule has 3 rings (SSSR count). The van der Waals surface area contributed by atoms with Gasteiger partial charge in [-0.2, -0.15) is 0 Å². The topological polar surface area (TPSA) is 63.9 Å². The Hall–Kier alpha value is -2.54. The number of benzene rings is 1.